The van der Waals surface area contributed by atoms with E-state index in [0.29, 0.717) is 54.5 Å². The molecule has 0 unspecified atom stereocenters. The summed E-state index contributed by atoms with van der Waals surface area (Å²) in [6.07, 6.45) is 8.58. The van der Waals surface area contributed by atoms with E-state index >= 15 is 0 Å². The number of aromatic amines is 2. The number of guanidine groups is 1. The molecule has 5 heterocycles. The Hall–Kier alpha value is -6.30. The number of hydrogen-bond donors (Lipinski definition) is 12. The number of aromatic nitrogens is 3. The van der Waals surface area contributed by atoms with E-state index in [1.165, 1.54) is 50.0 Å². The van der Waals surface area contributed by atoms with Crippen LogP contribution in [0.4, 0.5) is 4.79 Å². The van der Waals surface area contributed by atoms with Crippen LogP contribution in [-0.2, 0) is 57.6 Å². The Labute approximate surface area is 541 Å². The number of carbonyl (C=O) groups is 9. The first-order valence-corrected chi connectivity index (χ1v) is 33.9. The van der Waals surface area contributed by atoms with Crippen molar-refractivity contribution in [1.29, 1.82) is 0 Å². The second-order valence-electron chi connectivity index (χ2n) is 21.5. The Bertz CT molecular complexity index is 3140. The number of urea groups is 1. The van der Waals surface area contributed by atoms with Crippen molar-refractivity contribution in [2.75, 3.05) is 56.5 Å². The minimum Gasteiger partial charge on any atom is -0.370 e. The van der Waals surface area contributed by atoms with Crippen molar-refractivity contribution in [3.63, 3.8) is 0 Å². The molecule has 7 rings (SSSR count). The Morgan fingerprint density at radius 2 is 1.42 bits per heavy atom. The highest BCUT2D eigenvalue weighted by Gasteiger charge is 2.43. The zero-order chi connectivity index (χ0) is 63.3. The van der Waals surface area contributed by atoms with E-state index in [-0.39, 0.29) is 119 Å². The smallest absolute Gasteiger partial charge is 0.315 e. The van der Waals surface area contributed by atoms with Crippen LogP contribution >= 0.6 is 79.8 Å². The van der Waals surface area contributed by atoms with Crippen LogP contribution in [0, 0.1) is 0 Å². The Kier molecular flexibility index (Phi) is 27.2. The second kappa shape index (κ2) is 34.6. The Morgan fingerprint density at radius 1 is 0.716 bits per heavy atom. The van der Waals surface area contributed by atoms with Crippen LogP contribution in [0.3, 0.4) is 0 Å². The number of nitrogens with one attached hydrogen (secondary N) is 9. The lowest BCUT2D eigenvalue weighted by atomic mass is 10.0. The highest BCUT2D eigenvalue weighted by molar-refractivity contribution is 8.76. The monoisotopic (exact) mass is 1350 g/mol. The van der Waals surface area contributed by atoms with Gasteiger partial charge in [0.15, 0.2) is 5.96 Å². The lowest BCUT2D eigenvalue weighted by molar-refractivity contribution is -0.139. The second-order valence-corrected chi connectivity index (χ2v) is 27.0. The number of fused-ring (bicyclic) bond motifs is 2. The lowest BCUT2D eigenvalue weighted by Gasteiger charge is -2.29. The van der Waals surface area contributed by atoms with Gasteiger partial charge in [0.25, 0.3) is 0 Å². The van der Waals surface area contributed by atoms with Gasteiger partial charge in [-0.05, 0) is 61.8 Å². The standard InChI is InChI=1S/C56H74Cl4N16O9S3/c57-35-21-31(47(58)49(60)48(35)59)22-38-52(82)70-37(11-8-16-66-55(62)63)51(81)72-40(23-32-25-67-36-10-4-3-9-34(32)36)54(84)76(27-43(61)77)18-20-88-87-19-17-75(28-45(79)69-39(53(83)71-38)24-33-26-64-30-68-33)46(80)14-2-1-7-15-65-44(78)13-6-5-12-42-50-41(29-86-42)73-56(85)74-50/h3-4,9-10,21,25-26,30,37-42,50,67H,1-2,5-8,11-20,22-24,27-29H2,(H2,61,77)(H,64,68)(H,65,78)(H,69,79)(H,70,82)(H,71,83)(H,72,81)(H4,62,63,66)(H2,73,74,85)/t37-,38+,39-,40-,41-,42-,50-/m0/s1. The number of halogens is 4. The molecule has 3 fully saturated rings. The van der Waals surface area contributed by atoms with E-state index < -0.39 is 79.1 Å². The first kappa shape index (κ1) is 69.2. The summed E-state index contributed by atoms with van der Waals surface area (Å²) >= 11 is 27.9. The molecule has 2 aromatic carbocycles. The van der Waals surface area contributed by atoms with Crippen LogP contribution in [0.2, 0.25) is 20.1 Å². The number of benzene rings is 2. The fourth-order valence-corrected chi connectivity index (χ4v) is 14.9. The number of H-pyrrole nitrogens is 2. The summed E-state index contributed by atoms with van der Waals surface area (Å²) < 4.78 is 0. The lowest BCUT2D eigenvalue weighted by Crippen LogP contribution is -2.60. The minimum atomic E-state index is -1.59. The van der Waals surface area contributed by atoms with Gasteiger partial charge >= 0.3 is 6.03 Å². The van der Waals surface area contributed by atoms with Gasteiger partial charge in [-0.1, -0.05) is 99.0 Å². The number of imidazole rings is 1. The van der Waals surface area contributed by atoms with Gasteiger partial charge in [0.1, 0.15) is 24.2 Å². The van der Waals surface area contributed by atoms with Crippen molar-refractivity contribution in [2.45, 2.75) is 125 Å². The molecule has 4 aromatic rings. The van der Waals surface area contributed by atoms with Gasteiger partial charge in [-0.3, -0.25) is 43.3 Å². The molecule has 88 heavy (non-hydrogen) atoms. The summed E-state index contributed by atoms with van der Waals surface area (Å²) in [5.74, 6) is -3.92. The van der Waals surface area contributed by atoms with Crippen LogP contribution in [0.25, 0.3) is 10.9 Å². The fourth-order valence-electron chi connectivity index (χ4n) is 10.5. The number of nitrogens with two attached hydrogens (primary N) is 3. The molecule has 7 atom stereocenters. The molecule has 478 valence electrons. The zero-order valence-electron chi connectivity index (χ0n) is 48.1. The molecule has 0 radical (unpaired) electrons. The summed E-state index contributed by atoms with van der Waals surface area (Å²) in [6, 6.07) is 3.14. The van der Waals surface area contributed by atoms with Crippen molar-refractivity contribution in [3.05, 3.63) is 86.0 Å². The number of nitrogens with zero attached hydrogens (tertiary/aromatic N) is 4. The van der Waals surface area contributed by atoms with E-state index in [4.69, 9.17) is 63.6 Å². The maximum atomic E-state index is 15.0. The number of aliphatic imine (C=N–C) groups is 1. The molecule has 0 aliphatic carbocycles. The number of primary amides is 1. The number of para-hydroxylation sites is 1. The minimum absolute atomic E-state index is 0.00469. The van der Waals surface area contributed by atoms with Crippen molar-refractivity contribution in [1.82, 2.24) is 62.0 Å². The predicted molar refractivity (Wildman–Crippen MR) is 345 cm³/mol. The quantitative estimate of drug-likeness (QED) is 0.00962. The predicted octanol–water partition coefficient (Wildman–Crippen LogP) is 3.47. The molecule has 0 saturated carbocycles. The first-order chi connectivity index (χ1) is 42.2. The van der Waals surface area contributed by atoms with Crippen LogP contribution in [0.15, 0.2) is 54.0 Å². The van der Waals surface area contributed by atoms with E-state index in [2.05, 4.69) is 57.2 Å². The molecule has 0 spiro atoms. The van der Waals surface area contributed by atoms with E-state index in [0.717, 1.165) is 35.9 Å². The van der Waals surface area contributed by atoms with Crippen molar-refractivity contribution in [2.24, 2.45) is 22.2 Å². The molecule has 10 amide bonds. The van der Waals surface area contributed by atoms with Gasteiger partial charge in [0.05, 0.1) is 51.6 Å². The number of thioether (sulfide) groups is 1. The molecular weight excluding hydrogens is 1280 g/mol. The van der Waals surface area contributed by atoms with E-state index in [9.17, 15) is 43.2 Å². The average Bonchev–Trinajstić information content (AvgIpc) is 4.42. The number of carbonyl (C=O) groups excluding carboxylic acids is 9. The average molecular weight is 1350 g/mol. The summed E-state index contributed by atoms with van der Waals surface area (Å²) in [5.41, 5.74) is 19.0. The molecule has 32 heteroatoms. The van der Waals surface area contributed by atoms with Gasteiger partial charge < -0.3 is 74.2 Å². The number of unbranched alkanes of at least 4 members (excludes halogenated alkanes) is 3. The van der Waals surface area contributed by atoms with Crippen LogP contribution < -0.4 is 54.4 Å². The molecule has 0 bridgehead atoms. The van der Waals surface area contributed by atoms with E-state index in [1.54, 1.807) is 6.20 Å². The van der Waals surface area contributed by atoms with Gasteiger partial charge in [-0.15, -0.1) is 0 Å². The third kappa shape index (κ3) is 20.9. The normalized spacial score (nSPS) is 21.8. The highest BCUT2D eigenvalue weighted by atomic mass is 35.5. The van der Waals surface area contributed by atoms with Crippen molar-refractivity contribution in [3.8, 4) is 0 Å². The van der Waals surface area contributed by atoms with Gasteiger partial charge in [-0.2, -0.15) is 11.8 Å². The highest BCUT2D eigenvalue weighted by Crippen LogP contribution is 2.39. The summed E-state index contributed by atoms with van der Waals surface area (Å²) in [5, 5.41) is 20.8. The zero-order valence-corrected chi connectivity index (χ0v) is 53.6. The number of amides is 10. The van der Waals surface area contributed by atoms with Gasteiger partial charge in [-0.25, -0.2) is 9.78 Å². The maximum Gasteiger partial charge on any atom is 0.315 e. The Balaban J connectivity index is 1.11. The molecule has 25 nitrogen and oxygen atoms in total. The maximum absolute atomic E-state index is 15.0. The fraction of sp³-hybridized carbons (Fsp3) is 0.518. The molecule has 3 aliphatic heterocycles. The first-order valence-electron chi connectivity index (χ1n) is 28.9. The largest absolute Gasteiger partial charge is 0.370 e. The van der Waals surface area contributed by atoms with Crippen LogP contribution in [-0.4, -0.2) is 182 Å². The van der Waals surface area contributed by atoms with Crippen LogP contribution in [0.1, 0.15) is 81.0 Å². The summed E-state index contributed by atoms with van der Waals surface area (Å²) in [6.45, 7) is -0.412. The van der Waals surface area contributed by atoms with Crippen LogP contribution in [0.5, 0.6) is 0 Å². The molecule has 2 aromatic heterocycles. The topological polar surface area (TPSA) is 379 Å². The van der Waals surface area contributed by atoms with Crippen molar-refractivity contribution >= 4 is 150 Å². The summed E-state index contributed by atoms with van der Waals surface area (Å²) in [4.78, 5) is 142. The van der Waals surface area contributed by atoms with Crippen molar-refractivity contribution < 1.29 is 43.2 Å². The SMILES string of the molecule is NC(=O)CN1CCSSCCN(C(=O)CCCCCNC(=O)CCCC[C@@H]2SC[C@@H]3NC(=O)N[C@@H]32)CC(=O)N[C@@H](Cc2cnc[nH]2)C(=O)N[C@H](Cc2cc(Cl)c(Cl)c(Cl)c2Cl)C(=O)N[C@@H](CCCN=C(N)N)C(=O)N[C@@H](Cc2c[nH]c3ccccc23)C1=O. The molecule has 3 saturated heterocycles. The Morgan fingerprint density at radius 3 is 2.17 bits per heavy atom. The third-order valence-electron chi connectivity index (χ3n) is 14.9. The molecule has 3 aliphatic rings. The van der Waals surface area contributed by atoms with Gasteiger partial charge in [0.2, 0.25) is 47.3 Å². The summed E-state index contributed by atoms with van der Waals surface area (Å²) in [7, 11) is 2.71. The number of rotatable bonds is 23. The van der Waals surface area contributed by atoms with Gasteiger partial charge in [0, 0.05) is 110 Å². The molecule has 15 N–H and O–H groups in total. The third-order valence-corrected chi connectivity index (χ3v) is 20.6. The van der Waals surface area contributed by atoms with E-state index in [1.807, 2.05) is 36.0 Å². The molecular formula is C56H74Cl4N16O9S3. The number of hydrogen-bond acceptors (Lipinski definition) is 14.